The maximum absolute atomic E-state index is 12.2. The van der Waals surface area contributed by atoms with Crippen LogP contribution in [0.5, 0.6) is 0 Å². The lowest BCUT2D eigenvalue weighted by Crippen LogP contribution is -2.58. The SMILES string of the molecule is CC1C(C)C(C)C(C)(C2(O)C[C@@H](c3ccccc3)[C@H](c3ccccc3)N2)C1C.CC1C(C)C(C)C(C)(C2(O)C[C@H](c3ccccc3)[C@@H](c3ccccc3)N2)C1C.O=S(=O)(O)O.O=S(=O)(O)O. The number of nitrogens with one attached hydrogen (secondary N) is 2. The zero-order valence-corrected chi connectivity index (χ0v) is 41.7. The van der Waals surface area contributed by atoms with E-state index in [1.165, 1.54) is 22.3 Å². The van der Waals surface area contributed by atoms with Gasteiger partial charge in [-0.05, 0) is 82.4 Å². The Bertz CT molecular complexity index is 2080. The predicted octanol–water partition coefficient (Wildman–Crippen LogP) is 10.2. The molecule has 14 atom stereocenters. The normalized spacial score (nSPS) is 38.5. The summed E-state index contributed by atoms with van der Waals surface area (Å²) >= 11 is 0. The molecule has 0 bridgehead atoms. The van der Waals surface area contributed by atoms with E-state index in [4.69, 9.17) is 35.0 Å². The van der Waals surface area contributed by atoms with Gasteiger partial charge in [0.2, 0.25) is 0 Å². The van der Waals surface area contributed by atoms with Crippen LogP contribution in [-0.2, 0) is 20.8 Å². The van der Waals surface area contributed by atoms with Crippen LogP contribution in [0.15, 0.2) is 121 Å². The summed E-state index contributed by atoms with van der Waals surface area (Å²) in [4.78, 5) is 0. The second-order valence-electron chi connectivity index (χ2n) is 20.3. The summed E-state index contributed by atoms with van der Waals surface area (Å²) in [6.07, 6.45) is 1.50. The second kappa shape index (κ2) is 20.6. The standard InChI is InChI=1S/2C26H35NO.2H2O4S/c2*1-17-18(2)20(4)25(5,19(17)3)26(28)16-23(21-12-8-6-9-13-21)24(27-26)22-14-10-7-11-15-22;2*1-5(2,3)4/h2*6-15,17-20,23-24,27-28H,16H2,1-5H3;2*(H2,1,2,3,4)/t2*17?,18?,19?,20?,23-,24-,25?,26?;;/m10../s1. The number of rotatable bonds is 6. The molecule has 8 rings (SSSR count). The molecule has 0 amide bonds. The predicted molar refractivity (Wildman–Crippen MR) is 260 cm³/mol. The molecule has 10 unspecified atom stereocenters. The van der Waals surface area contributed by atoms with Crippen LogP contribution < -0.4 is 10.6 Å². The molecule has 4 aliphatic rings. The highest BCUT2D eigenvalue weighted by molar-refractivity contribution is 7.80. The maximum atomic E-state index is 12.2. The fourth-order valence-corrected chi connectivity index (χ4v) is 12.8. The molecule has 8 N–H and O–H groups in total. The summed E-state index contributed by atoms with van der Waals surface area (Å²) in [5.74, 6) is 4.79. The zero-order chi connectivity index (χ0) is 49.2. The fraction of sp³-hybridized carbons (Fsp3) is 0.538. The van der Waals surface area contributed by atoms with E-state index in [0.29, 0.717) is 47.3 Å². The largest absolute Gasteiger partial charge is 0.394 e. The van der Waals surface area contributed by atoms with Crippen molar-refractivity contribution in [1.82, 2.24) is 10.6 Å². The quantitative estimate of drug-likeness (QED) is 0.0848. The van der Waals surface area contributed by atoms with Gasteiger partial charge in [-0.2, -0.15) is 16.8 Å². The molecule has 4 aromatic rings. The van der Waals surface area contributed by atoms with Crippen LogP contribution in [0.1, 0.15) is 128 Å². The van der Waals surface area contributed by atoms with Crippen molar-refractivity contribution in [3.8, 4) is 0 Å². The molecule has 364 valence electrons. The Hall–Kier alpha value is -3.54. The maximum Gasteiger partial charge on any atom is 0.394 e. The molecule has 4 aromatic carbocycles. The van der Waals surface area contributed by atoms with Crippen LogP contribution in [0.3, 0.4) is 0 Å². The summed E-state index contributed by atoms with van der Waals surface area (Å²) in [6, 6.07) is 43.0. The summed E-state index contributed by atoms with van der Waals surface area (Å²) in [7, 11) is -9.33. The van der Waals surface area contributed by atoms with Gasteiger partial charge in [-0.1, -0.05) is 191 Å². The Labute approximate surface area is 394 Å². The van der Waals surface area contributed by atoms with E-state index in [0.717, 1.165) is 12.8 Å². The molecule has 0 radical (unpaired) electrons. The van der Waals surface area contributed by atoms with Crippen molar-refractivity contribution in [1.29, 1.82) is 0 Å². The molecule has 2 aliphatic carbocycles. The molecule has 12 nitrogen and oxygen atoms in total. The Morgan fingerprint density at radius 1 is 0.409 bits per heavy atom. The highest BCUT2D eigenvalue weighted by Crippen LogP contribution is 2.64. The van der Waals surface area contributed by atoms with Gasteiger partial charge in [-0.15, -0.1) is 0 Å². The van der Waals surface area contributed by atoms with Crippen molar-refractivity contribution in [3.05, 3.63) is 144 Å². The van der Waals surface area contributed by atoms with Crippen molar-refractivity contribution >= 4 is 20.8 Å². The first-order valence-corrected chi connectivity index (χ1v) is 26.0. The third kappa shape index (κ3) is 11.1. The van der Waals surface area contributed by atoms with Gasteiger partial charge in [-0.25, -0.2) is 0 Å². The van der Waals surface area contributed by atoms with E-state index >= 15 is 0 Å². The minimum atomic E-state index is -4.67. The minimum absolute atomic E-state index is 0.121. The average Bonchev–Trinajstić information content (AvgIpc) is 3.93. The van der Waals surface area contributed by atoms with E-state index in [1.807, 2.05) is 0 Å². The lowest BCUT2D eigenvalue weighted by Gasteiger charge is -2.47. The second-order valence-corrected chi connectivity index (χ2v) is 22.1. The number of hydrogen-bond donors (Lipinski definition) is 8. The molecule has 2 heterocycles. The molecule has 2 saturated carbocycles. The van der Waals surface area contributed by atoms with Gasteiger partial charge in [0, 0.05) is 34.7 Å². The molecule has 14 heteroatoms. The number of aliphatic hydroxyl groups is 2. The first-order valence-electron chi connectivity index (χ1n) is 23.2. The van der Waals surface area contributed by atoms with Gasteiger partial charge in [0.05, 0.1) is 0 Å². The molecule has 66 heavy (non-hydrogen) atoms. The first kappa shape index (κ1) is 53.4. The molecular formula is C52H74N2O10S2. The third-order valence-corrected chi connectivity index (χ3v) is 17.8. The van der Waals surface area contributed by atoms with Crippen LogP contribution in [-0.4, -0.2) is 56.7 Å². The van der Waals surface area contributed by atoms with Crippen molar-refractivity contribution in [3.63, 3.8) is 0 Å². The summed E-state index contributed by atoms with van der Waals surface area (Å²) in [5.41, 5.74) is 3.04. The van der Waals surface area contributed by atoms with Gasteiger partial charge < -0.3 is 10.2 Å². The lowest BCUT2D eigenvalue weighted by atomic mass is 9.64. The Morgan fingerprint density at radius 3 is 0.818 bits per heavy atom. The van der Waals surface area contributed by atoms with E-state index in [1.54, 1.807) is 0 Å². The van der Waals surface area contributed by atoms with Crippen LogP contribution in [0.4, 0.5) is 0 Å². The van der Waals surface area contributed by atoms with E-state index in [9.17, 15) is 10.2 Å². The van der Waals surface area contributed by atoms with E-state index in [2.05, 4.69) is 201 Å². The third-order valence-electron chi connectivity index (χ3n) is 17.8. The summed E-state index contributed by atoms with van der Waals surface area (Å²) in [5, 5.41) is 31.9. The minimum Gasteiger partial charge on any atom is -0.375 e. The van der Waals surface area contributed by atoms with Gasteiger partial charge in [0.15, 0.2) is 0 Å². The van der Waals surface area contributed by atoms with Crippen molar-refractivity contribution in [2.75, 3.05) is 0 Å². The topological polar surface area (TPSA) is 214 Å². The van der Waals surface area contributed by atoms with Gasteiger partial charge >= 0.3 is 20.8 Å². The molecule has 0 aromatic heterocycles. The van der Waals surface area contributed by atoms with Crippen LogP contribution in [0, 0.1) is 58.2 Å². The fourth-order valence-electron chi connectivity index (χ4n) is 12.8. The van der Waals surface area contributed by atoms with Gasteiger partial charge in [-0.3, -0.25) is 28.8 Å². The average molecular weight is 951 g/mol. The van der Waals surface area contributed by atoms with Crippen molar-refractivity contribution in [2.45, 2.75) is 117 Å². The Kier molecular flexibility index (Phi) is 16.7. The monoisotopic (exact) mass is 950 g/mol. The van der Waals surface area contributed by atoms with Crippen LogP contribution in [0.25, 0.3) is 0 Å². The zero-order valence-electron chi connectivity index (χ0n) is 40.0. The first-order chi connectivity index (χ1) is 30.6. The van der Waals surface area contributed by atoms with E-state index < -0.39 is 32.2 Å². The number of hydrogen-bond acceptors (Lipinski definition) is 8. The van der Waals surface area contributed by atoms with Crippen molar-refractivity contribution in [2.24, 2.45) is 58.2 Å². The molecular weight excluding hydrogens is 877 g/mol. The molecule has 0 spiro atoms. The summed E-state index contributed by atoms with van der Waals surface area (Å²) in [6.45, 7) is 23.5. The van der Waals surface area contributed by atoms with Crippen LogP contribution in [0.2, 0.25) is 0 Å². The highest BCUT2D eigenvalue weighted by atomic mass is 32.3. The Balaban J connectivity index is 0.000000206. The highest BCUT2D eigenvalue weighted by Gasteiger charge is 2.65. The van der Waals surface area contributed by atoms with E-state index in [-0.39, 0.29) is 34.7 Å². The smallest absolute Gasteiger partial charge is 0.375 e. The van der Waals surface area contributed by atoms with Crippen molar-refractivity contribution < 1.29 is 45.3 Å². The molecule has 2 saturated heterocycles. The lowest BCUT2D eigenvalue weighted by molar-refractivity contribution is -0.132. The Morgan fingerprint density at radius 2 is 0.606 bits per heavy atom. The number of benzene rings is 4. The molecule has 2 aliphatic heterocycles. The van der Waals surface area contributed by atoms with Gasteiger partial charge in [0.25, 0.3) is 0 Å². The molecule has 4 fully saturated rings. The van der Waals surface area contributed by atoms with Crippen LogP contribution >= 0.6 is 0 Å². The van der Waals surface area contributed by atoms with Gasteiger partial charge in [0.1, 0.15) is 11.4 Å². The summed E-state index contributed by atoms with van der Waals surface area (Å²) < 4.78 is 63.2.